The van der Waals surface area contributed by atoms with Gasteiger partial charge in [-0.2, -0.15) is 11.8 Å². The number of nitrogens with zero attached hydrogens (tertiary/aromatic N) is 3. The van der Waals surface area contributed by atoms with Gasteiger partial charge in [0.2, 0.25) is 0 Å². The van der Waals surface area contributed by atoms with Crippen LogP contribution in [0, 0.1) is 0 Å². The minimum Gasteiger partial charge on any atom is -0.357 e. The summed E-state index contributed by atoms with van der Waals surface area (Å²) in [4.78, 5) is 12.0. The van der Waals surface area contributed by atoms with E-state index >= 15 is 0 Å². The molecule has 0 bridgehead atoms. The first kappa shape index (κ1) is 23.1. The van der Waals surface area contributed by atoms with Gasteiger partial charge in [-0.3, -0.25) is 4.99 Å². The van der Waals surface area contributed by atoms with Gasteiger partial charge in [0.15, 0.2) is 11.1 Å². The van der Waals surface area contributed by atoms with Crippen molar-refractivity contribution in [1.29, 1.82) is 0 Å². The second-order valence-electron chi connectivity index (χ2n) is 7.19. The van der Waals surface area contributed by atoms with Crippen molar-refractivity contribution in [3.05, 3.63) is 11.1 Å². The fraction of sp³-hybridized carbons (Fsp3) is 0.789. The zero-order valence-corrected chi connectivity index (χ0v) is 20.5. The minimum absolute atomic E-state index is 0. The molecular weight excluding hydrogens is 489 g/mol. The maximum atomic E-state index is 4.80. The summed E-state index contributed by atoms with van der Waals surface area (Å²) in [6.45, 7) is 6.15. The molecule has 0 aromatic carbocycles. The Kier molecular flexibility index (Phi) is 10.6. The number of hydrogen-bond acceptors (Lipinski definition) is 5. The topological polar surface area (TPSA) is 52.6 Å². The molecular formula is C19H34IN5S2. The Labute approximate surface area is 189 Å². The number of aromatic nitrogens is 1. The molecule has 8 heteroatoms. The number of rotatable bonds is 7. The predicted molar refractivity (Wildman–Crippen MR) is 131 cm³/mol. The Hall–Kier alpha value is -0.220. The summed E-state index contributed by atoms with van der Waals surface area (Å²) in [6, 6.07) is 0.556. The van der Waals surface area contributed by atoms with Crippen LogP contribution in [0.2, 0.25) is 0 Å². The number of guanidine groups is 1. The maximum absolute atomic E-state index is 4.80. The zero-order chi connectivity index (χ0) is 18.2. The van der Waals surface area contributed by atoms with Crippen LogP contribution in [0.15, 0.2) is 10.4 Å². The van der Waals surface area contributed by atoms with Crippen LogP contribution in [-0.4, -0.2) is 54.7 Å². The van der Waals surface area contributed by atoms with E-state index in [0.717, 1.165) is 43.8 Å². The van der Waals surface area contributed by atoms with E-state index in [1.54, 1.807) is 11.3 Å². The SMILES string of the molecule is CCNC(=NCCc1csc(N2CCCC2)n1)NC1CCCC(SC)C1.I. The van der Waals surface area contributed by atoms with Gasteiger partial charge in [-0.15, -0.1) is 35.3 Å². The van der Waals surface area contributed by atoms with Crippen molar-refractivity contribution < 1.29 is 0 Å². The number of hydrogen-bond donors (Lipinski definition) is 2. The third-order valence-electron chi connectivity index (χ3n) is 5.20. The summed E-state index contributed by atoms with van der Waals surface area (Å²) < 4.78 is 0. The lowest BCUT2D eigenvalue weighted by atomic mass is 9.95. The lowest BCUT2D eigenvalue weighted by Crippen LogP contribution is -2.45. The van der Waals surface area contributed by atoms with E-state index in [1.165, 1.54) is 49.4 Å². The van der Waals surface area contributed by atoms with Gasteiger partial charge in [-0.25, -0.2) is 4.98 Å². The van der Waals surface area contributed by atoms with Gasteiger partial charge in [0.1, 0.15) is 0 Å². The van der Waals surface area contributed by atoms with E-state index < -0.39 is 0 Å². The molecule has 5 nitrogen and oxygen atoms in total. The molecule has 2 heterocycles. The van der Waals surface area contributed by atoms with Crippen molar-refractivity contribution in [3.8, 4) is 0 Å². The first-order valence-corrected chi connectivity index (χ1v) is 12.2. The highest BCUT2D eigenvalue weighted by molar-refractivity contribution is 14.0. The molecule has 0 spiro atoms. The average Bonchev–Trinajstić information content (AvgIpc) is 3.33. The van der Waals surface area contributed by atoms with Crippen LogP contribution < -0.4 is 15.5 Å². The van der Waals surface area contributed by atoms with E-state index in [1.807, 2.05) is 11.8 Å². The van der Waals surface area contributed by atoms with Crippen LogP contribution in [0.4, 0.5) is 5.13 Å². The Morgan fingerprint density at radius 2 is 2.15 bits per heavy atom. The second kappa shape index (κ2) is 12.4. The number of halogens is 1. The molecule has 2 unspecified atom stereocenters. The second-order valence-corrected chi connectivity index (χ2v) is 9.17. The Morgan fingerprint density at radius 3 is 2.89 bits per heavy atom. The van der Waals surface area contributed by atoms with E-state index in [0.29, 0.717) is 6.04 Å². The van der Waals surface area contributed by atoms with Gasteiger partial charge < -0.3 is 15.5 Å². The molecule has 1 aliphatic carbocycles. The monoisotopic (exact) mass is 523 g/mol. The van der Waals surface area contributed by atoms with Crippen LogP contribution in [-0.2, 0) is 6.42 Å². The lowest BCUT2D eigenvalue weighted by molar-refractivity contribution is 0.419. The Bertz CT molecular complexity index is 574. The third kappa shape index (κ3) is 7.27. The fourth-order valence-corrected chi connectivity index (χ4v) is 5.49. The van der Waals surface area contributed by atoms with Gasteiger partial charge in [0.25, 0.3) is 0 Å². The molecule has 2 N–H and O–H groups in total. The largest absolute Gasteiger partial charge is 0.357 e. The van der Waals surface area contributed by atoms with Gasteiger partial charge in [0.05, 0.1) is 5.69 Å². The molecule has 1 aromatic rings. The van der Waals surface area contributed by atoms with Crippen LogP contribution in [0.3, 0.4) is 0 Å². The summed E-state index contributed by atoms with van der Waals surface area (Å²) in [5.74, 6) is 0.967. The van der Waals surface area contributed by atoms with E-state index in [9.17, 15) is 0 Å². The van der Waals surface area contributed by atoms with Gasteiger partial charge in [-0.05, 0) is 45.3 Å². The molecule has 0 radical (unpaired) electrons. The van der Waals surface area contributed by atoms with E-state index in [2.05, 4.69) is 34.1 Å². The molecule has 2 aliphatic rings. The summed E-state index contributed by atoms with van der Waals surface area (Å²) >= 11 is 3.79. The Morgan fingerprint density at radius 1 is 1.33 bits per heavy atom. The van der Waals surface area contributed by atoms with Crippen molar-refractivity contribution in [2.75, 3.05) is 37.3 Å². The van der Waals surface area contributed by atoms with Crippen molar-refractivity contribution in [2.45, 2.75) is 63.2 Å². The molecule has 1 saturated carbocycles. The molecule has 2 fully saturated rings. The predicted octanol–water partition coefficient (Wildman–Crippen LogP) is 4.13. The van der Waals surface area contributed by atoms with Crippen LogP contribution in [0.25, 0.3) is 0 Å². The maximum Gasteiger partial charge on any atom is 0.191 e. The molecule has 27 heavy (non-hydrogen) atoms. The normalized spacial score (nSPS) is 23.2. The van der Waals surface area contributed by atoms with Crippen molar-refractivity contribution in [2.24, 2.45) is 4.99 Å². The van der Waals surface area contributed by atoms with Crippen LogP contribution in [0.5, 0.6) is 0 Å². The molecule has 1 saturated heterocycles. The number of aliphatic imine (C=N–C) groups is 1. The first-order valence-electron chi connectivity index (χ1n) is 10.1. The summed E-state index contributed by atoms with van der Waals surface area (Å²) in [7, 11) is 0. The zero-order valence-electron chi connectivity index (χ0n) is 16.6. The van der Waals surface area contributed by atoms with Crippen molar-refractivity contribution in [3.63, 3.8) is 0 Å². The number of anilines is 1. The van der Waals surface area contributed by atoms with E-state index in [4.69, 9.17) is 9.98 Å². The highest BCUT2D eigenvalue weighted by atomic mass is 127. The Balaban J connectivity index is 0.00000261. The first-order chi connectivity index (χ1) is 12.8. The molecule has 3 rings (SSSR count). The molecule has 154 valence electrons. The van der Waals surface area contributed by atoms with Crippen LogP contribution >= 0.6 is 47.1 Å². The standard InChI is InChI=1S/C19H33N5S2.HI/c1-3-20-18(22-15-7-6-8-17(13-15)25-2)21-10-9-16-14-26-19(23-16)24-11-4-5-12-24;/h14-15,17H,3-13H2,1-2H3,(H2,20,21,22);1H. The number of thiazole rings is 1. The molecule has 1 aliphatic heterocycles. The smallest absolute Gasteiger partial charge is 0.191 e. The van der Waals surface area contributed by atoms with Gasteiger partial charge in [0, 0.05) is 49.3 Å². The van der Waals surface area contributed by atoms with Gasteiger partial charge in [-0.1, -0.05) is 6.42 Å². The summed E-state index contributed by atoms with van der Waals surface area (Å²) in [5, 5.41) is 11.3. The number of nitrogens with one attached hydrogen (secondary N) is 2. The van der Waals surface area contributed by atoms with Crippen molar-refractivity contribution >= 4 is 58.2 Å². The average molecular weight is 524 g/mol. The fourth-order valence-electron chi connectivity index (χ4n) is 3.75. The summed E-state index contributed by atoms with van der Waals surface area (Å²) in [6.07, 6.45) is 10.9. The highest BCUT2D eigenvalue weighted by Gasteiger charge is 2.22. The molecule has 1 aromatic heterocycles. The van der Waals surface area contributed by atoms with E-state index in [-0.39, 0.29) is 24.0 Å². The minimum atomic E-state index is 0. The lowest BCUT2D eigenvalue weighted by Gasteiger charge is -2.29. The molecule has 0 amide bonds. The van der Waals surface area contributed by atoms with Gasteiger partial charge >= 0.3 is 0 Å². The number of thioether (sulfide) groups is 1. The summed E-state index contributed by atoms with van der Waals surface area (Å²) in [5.41, 5.74) is 1.18. The van der Waals surface area contributed by atoms with Crippen molar-refractivity contribution in [1.82, 2.24) is 15.6 Å². The quantitative estimate of drug-likeness (QED) is 0.320. The highest BCUT2D eigenvalue weighted by Crippen LogP contribution is 2.27. The molecule has 2 atom stereocenters. The van der Waals surface area contributed by atoms with Crippen LogP contribution in [0.1, 0.15) is 51.1 Å². The third-order valence-corrected chi connectivity index (χ3v) is 7.24.